The fraction of sp³-hybridized carbons (Fsp3) is 0.167. The molecule has 0 saturated heterocycles. The number of hydrogen-bond donors (Lipinski definition) is 0. The smallest absolute Gasteiger partial charge is 0.0831 e. The van der Waals surface area contributed by atoms with Crippen LogP contribution in [0.4, 0.5) is 0 Å². The molecule has 60 valence electrons. The Kier molecular flexibility index (Phi) is 3.44. The van der Waals surface area contributed by atoms with Gasteiger partial charge in [0.1, 0.15) is 0 Å². The lowest BCUT2D eigenvalue weighted by Gasteiger charge is -2.01. The molecule has 0 aromatic carbocycles. The fourth-order valence-electron chi connectivity index (χ4n) is 0.573. The van der Waals surface area contributed by atoms with Crippen LogP contribution >= 0.6 is 50.7 Å². The van der Waals surface area contributed by atoms with Crippen LogP contribution in [0.1, 0.15) is 5.69 Å². The summed E-state index contributed by atoms with van der Waals surface area (Å²) >= 11 is 20.4. The summed E-state index contributed by atoms with van der Waals surface area (Å²) in [7, 11) is 0. The zero-order chi connectivity index (χ0) is 8.43. The molecule has 0 N–H and O–H groups in total. The van der Waals surface area contributed by atoms with Crippen molar-refractivity contribution >= 4 is 50.7 Å². The molecule has 0 unspecified atom stereocenters. The van der Waals surface area contributed by atoms with Gasteiger partial charge in [-0.3, -0.25) is 4.98 Å². The van der Waals surface area contributed by atoms with Crippen molar-refractivity contribution in [1.29, 1.82) is 0 Å². The van der Waals surface area contributed by atoms with Gasteiger partial charge in [-0.2, -0.15) is 0 Å². The number of halogens is 4. The van der Waals surface area contributed by atoms with Crippen LogP contribution in [0, 0.1) is 0 Å². The molecule has 0 spiro atoms. The molecular formula is C6H3BrCl3N. The van der Waals surface area contributed by atoms with Gasteiger partial charge in [-0.1, -0.05) is 50.7 Å². The van der Waals surface area contributed by atoms with Gasteiger partial charge in [-0.05, 0) is 0 Å². The van der Waals surface area contributed by atoms with E-state index in [1.54, 1.807) is 0 Å². The van der Waals surface area contributed by atoms with Gasteiger partial charge in [0.15, 0.2) is 0 Å². The molecule has 1 rings (SSSR count). The first-order chi connectivity index (χ1) is 5.16. The minimum absolute atomic E-state index is 0.359. The van der Waals surface area contributed by atoms with E-state index in [2.05, 4.69) is 20.9 Å². The summed E-state index contributed by atoms with van der Waals surface area (Å²) in [5.74, 6) is 0. The highest BCUT2D eigenvalue weighted by molar-refractivity contribution is 9.08. The summed E-state index contributed by atoms with van der Waals surface area (Å²) in [6, 6.07) is 0. The van der Waals surface area contributed by atoms with Gasteiger partial charge < -0.3 is 0 Å². The Labute approximate surface area is 87.8 Å². The van der Waals surface area contributed by atoms with Gasteiger partial charge in [-0.15, -0.1) is 0 Å². The quantitative estimate of drug-likeness (QED) is 0.707. The molecule has 0 amide bonds. The predicted octanol–water partition coefficient (Wildman–Crippen LogP) is 3.94. The van der Waals surface area contributed by atoms with Crippen molar-refractivity contribution in [2.75, 3.05) is 0 Å². The van der Waals surface area contributed by atoms with Crippen molar-refractivity contribution in [3.8, 4) is 0 Å². The topological polar surface area (TPSA) is 12.9 Å². The average Bonchev–Trinajstić information content (AvgIpc) is 2.01. The lowest BCUT2D eigenvalue weighted by atomic mass is 10.4. The summed E-state index contributed by atoms with van der Waals surface area (Å²) in [4.78, 5) is 3.96. The molecule has 5 heteroatoms. The van der Waals surface area contributed by atoms with E-state index < -0.39 is 0 Å². The van der Waals surface area contributed by atoms with E-state index in [-0.39, 0.29) is 0 Å². The molecule has 1 aromatic rings. The third-order valence-corrected chi connectivity index (χ3v) is 2.93. The molecule has 0 fully saturated rings. The SMILES string of the molecule is Clc1cnc(CBr)c(Cl)c1Cl. The monoisotopic (exact) mass is 273 g/mol. The predicted molar refractivity (Wildman–Crippen MR) is 51.9 cm³/mol. The molecule has 0 atom stereocenters. The first kappa shape index (κ1) is 9.59. The molecule has 1 aromatic heterocycles. The third kappa shape index (κ3) is 2.00. The highest BCUT2D eigenvalue weighted by Crippen LogP contribution is 2.31. The van der Waals surface area contributed by atoms with Crippen molar-refractivity contribution in [1.82, 2.24) is 4.98 Å². The lowest BCUT2D eigenvalue weighted by molar-refractivity contribution is 1.19. The van der Waals surface area contributed by atoms with Gasteiger partial charge in [0.05, 0.1) is 20.8 Å². The Bertz CT molecular complexity index is 277. The molecule has 0 saturated carbocycles. The van der Waals surface area contributed by atoms with E-state index >= 15 is 0 Å². The van der Waals surface area contributed by atoms with Crippen LogP contribution in [-0.2, 0) is 5.33 Å². The van der Waals surface area contributed by atoms with E-state index in [1.807, 2.05) is 0 Å². The second-order valence-corrected chi connectivity index (χ2v) is 3.54. The summed E-state index contributed by atoms with van der Waals surface area (Å²) in [5.41, 5.74) is 0.695. The van der Waals surface area contributed by atoms with E-state index in [9.17, 15) is 0 Å². The van der Waals surface area contributed by atoms with Crippen LogP contribution in [0.25, 0.3) is 0 Å². The molecule has 1 heterocycles. The fourth-order valence-corrected chi connectivity index (χ4v) is 1.73. The number of pyridine rings is 1. The molecular weight excluding hydrogens is 272 g/mol. The van der Waals surface area contributed by atoms with E-state index in [1.165, 1.54) is 6.20 Å². The van der Waals surface area contributed by atoms with Crippen molar-refractivity contribution < 1.29 is 0 Å². The van der Waals surface area contributed by atoms with Crippen LogP contribution in [0.15, 0.2) is 6.20 Å². The second-order valence-electron chi connectivity index (χ2n) is 1.81. The minimum atomic E-state index is 0.359. The normalized spacial score (nSPS) is 10.2. The highest BCUT2D eigenvalue weighted by atomic mass is 79.9. The molecule has 11 heavy (non-hydrogen) atoms. The van der Waals surface area contributed by atoms with Crippen molar-refractivity contribution in [3.05, 3.63) is 27.0 Å². The number of rotatable bonds is 1. The maximum Gasteiger partial charge on any atom is 0.0831 e. The van der Waals surface area contributed by atoms with Gasteiger partial charge in [0.25, 0.3) is 0 Å². The van der Waals surface area contributed by atoms with Crippen LogP contribution in [0.5, 0.6) is 0 Å². The van der Waals surface area contributed by atoms with Crippen molar-refractivity contribution in [3.63, 3.8) is 0 Å². The molecule has 0 aliphatic heterocycles. The van der Waals surface area contributed by atoms with Crippen LogP contribution in [0.3, 0.4) is 0 Å². The Morgan fingerprint density at radius 3 is 2.45 bits per heavy atom. The summed E-state index contributed by atoms with van der Waals surface area (Å²) in [5, 5.41) is 1.72. The Hall–Kier alpha value is 0.500. The summed E-state index contributed by atoms with van der Waals surface area (Å²) in [6.45, 7) is 0. The van der Waals surface area contributed by atoms with Crippen LogP contribution < -0.4 is 0 Å². The third-order valence-electron chi connectivity index (χ3n) is 1.12. The second kappa shape index (κ2) is 3.94. The van der Waals surface area contributed by atoms with Crippen LogP contribution in [0.2, 0.25) is 15.1 Å². The highest BCUT2D eigenvalue weighted by Gasteiger charge is 2.08. The first-order valence-electron chi connectivity index (χ1n) is 2.71. The number of hydrogen-bond acceptors (Lipinski definition) is 1. The number of nitrogens with zero attached hydrogens (tertiary/aromatic N) is 1. The zero-order valence-electron chi connectivity index (χ0n) is 5.24. The largest absolute Gasteiger partial charge is 0.257 e. The van der Waals surface area contributed by atoms with Gasteiger partial charge in [-0.25, -0.2) is 0 Å². The van der Waals surface area contributed by atoms with Gasteiger partial charge >= 0.3 is 0 Å². The Morgan fingerprint density at radius 1 is 1.27 bits per heavy atom. The minimum Gasteiger partial charge on any atom is -0.257 e. The number of aromatic nitrogens is 1. The molecule has 0 aliphatic rings. The standard InChI is InChI=1S/C6H3BrCl3N/c7-1-4-6(10)5(9)3(8)2-11-4/h2H,1H2. The van der Waals surface area contributed by atoms with Gasteiger partial charge in [0, 0.05) is 11.5 Å². The van der Waals surface area contributed by atoms with Gasteiger partial charge in [0.2, 0.25) is 0 Å². The summed E-state index contributed by atoms with van der Waals surface area (Å²) in [6.07, 6.45) is 1.48. The van der Waals surface area contributed by atoms with E-state index in [0.717, 1.165) is 0 Å². The van der Waals surface area contributed by atoms with Crippen molar-refractivity contribution in [2.45, 2.75) is 5.33 Å². The maximum atomic E-state index is 5.79. The Balaban J connectivity index is 3.25. The molecule has 0 radical (unpaired) electrons. The number of alkyl halides is 1. The average molecular weight is 275 g/mol. The maximum absolute atomic E-state index is 5.79. The molecule has 0 bridgehead atoms. The molecule has 0 aliphatic carbocycles. The zero-order valence-corrected chi connectivity index (χ0v) is 9.10. The first-order valence-corrected chi connectivity index (χ1v) is 4.96. The van der Waals surface area contributed by atoms with E-state index in [0.29, 0.717) is 26.1 Å². The summed E-state index contributed by atoms with van der Waals surface area (Å²) < 4.78 is 0. The Morgan fingerprint density at radius 2 is 1.91 bits per heavy atom. The van der Waals surface area contributed by atoms with Crippen LogP contribution in [-0.4, -0.2) is 4.98 Å². The van der Waals surface area contributed by atoms with E-state index in [4.69, 9.17) is 34.8 Å². The molecule has 1 nitrogen and oxygen atoms in total. The lowest BCUT2D eigenvalue weighted by Crippen LogP contribution is -1.87. The van der Waals surface area contributed by atoms with Crippen molar-refractivity contribution in [2.24, 2.45) is 0 Å².